The highest BCUT2D eigenvalue weighted by Gasteiger charge is 2.43. The van der Waals surface area contributed by atoms with E-state index in [1.54, 1.807) is 7.11 Å². The maximum Gasteiger partial charge on any atom is 0.314 e. The Balaban J connectivity index is 1.98. The predicted octanol–water partition coefficient (Wildman–Crippen LogP) is 5.71. The fourth-order valence-corrected chi connectivity index (χ4v) is 3.65. The van der Waals surface area contributed by atoms with Crippen LogP contribution in [0.5, 0.6) is 17.2 Å². The minimum atomic E-state index is -1.08. The van der Waals surface area contributed by atoms with E-state index in [9.17, 15) is 9.90 Å². The number of carboxylic acids is 1. The van der Waals surface area contributed by atoms with E-state index in [2.05, 4.69) is 0 Å². The Morgan fingerprint density at radius 2 is 1.55 bits per heavy atom. The number of ether oxygens (including phenoxy) is 2. The molecule has 0 fully saturated rings. The molecule has 0 bridgehead atoms. The normalized spacial score (nSPS) is 13.0. The number of aliphatic carboxylic acids is 1. The number of benzene rings is 3. The Kier molecular flexibility index (Phi) is 6.23. The van der Waals surface area contributed by atoms with Crippen molar-refractivity contribution in [1.82, 2.24) is 0 Å². The van der Waals surface area contributed by atoms with Gasteiger partial charge in [0, 0.05) is 0 Å². The number of carboxylic acid groups (broad SMARTS) is 1. The SMILES string of the molecule is COc1cccc(C(Cc2cccc(Oc3ccccc3)c2)(C(=O)O)C(C)C)c1. The quantitative estimate of drug-likeness (QED) is 0.535. The minimum Gasteiger partial charge on any atom is -0.497 e. The van der Waals surface area contributed by atoms with E-state index in [1.807, 2.05) is 92.7 Å². The highest BCUT2D eigenvalue weighted by Crippen LogP contribution is 2.38. The molecule has 0 aliphatic carbocycles. The van der Waals surface area contributed by atoms with Crippen molar-refractivity contribution >= 4 is 5.97 Å². The molecule has 0 aliphatic rings. The average molecular weight is 390 g/mol. The summed E-state index contributed by atoms with van der Waals surface area (Å²) in [5.41, 5.74) is 0.547. The van der Waals surface area contributed by atoms with E-state index in [1.165, 1.54) is 0 Å². The third kappa shape index (κ3) is 4.43. The van der Waals surface area contributed by atoms with Crippen LogP contribution < -0.4 is 9.47 Å². The highest BCUT2D eigenvalue weighted by molar-refractivity contribution is 5.82. The van der Waals surface area contributed by atoms with Crippen molar-refractivity contribution in [2.24, 2.45) is 5.92 Å². The van der Waals surface area contributed by atoms with Crippen LogP contribution in [-0.2, 0) is 16.6 Å². The van der Waals surface area contributed by atoms with Gasteiger partial charge in [0.05, 0.1) is 12.5 Å². The van der Waals surface area contributed by atoms with Crippen LogP contribution in [0.15, 0.2) is 78.9 Å². The third-order valence-corrected chi connectivity index (χ3v) is 5.31. The lowest BCUT2D eigenvalue weighted by Crippen LogP contribution is -2.43. The largest absolute Gasteiger partial charge is 0.497 e. The van der Waals surface area contributed by atoms with Crippen molar-refractivity contribution in [3.63, 3.8) is 0 Å². The standard InChI is InChI=1S/C25H26O4/c1-18(2)25(24(26)27,20-10-8-13-22(16-20)28-3)17-19-9-7-14-23(15-19)29-21-11-5-4-6-12-21/h4-16,18H,17H2,1-3H3,(H,26,27). The van der Waals surface area contributed by atoms with Gasteiger partial charge < -0.3 is 14.6 Å². The van der Waals surface area contributed by atoms with Gasteiger partial charge in [-0.2, -0.15) is 0 Å². The molecule has 4 heteroatoms. The van der Waals surface area contributed by atoms with Crippen molar-refractivity contribution in [1.29, 1.82) is 0 Å². The first-order valence-electron chi connectivity index (χ1n) is 9.65. The monoisotopic (exact) mass is 390 g/mol. The number of methoxy groups -OCH3 is 1. The molecule has 3 rings (SSSR count). The van der Waals surface area contributed by atoms with Gasteiger partial charge >= 0.3 is 5.97 Å². The molecule has 0 saturated heterocycles. The fraction of sp³-hybridized carbons (Fsp3) is 0.240. The van der Waals surface area contributed by atoms with Gasteiger partial charge in [-0.25, -0.2) is 0 Å². The number of hydrogen-bond acceptors (Lipinski definition) is 3. The average Bonchev–Trinajstić information content (AvgIpc) is 2.72. The summed E-state index contributed by atoms with van der Waals surface area (Å²) in [7, 11) is 1.58. The zero-order valence-electron chi connectivity index (χ0n) is 17.0. The van der Waals surface area contributed by atoms with Crippen molar-refractivity contribution in [3.05, 3.63) is 90.0 Å². The number of carbonyl (C=O) groups is 1. The smallest absolute Gasteiger partial charge is 0.314 e. The van der Waals surface area contributed by atoms with Crippen molar-refractivity contribution < 1.29 is 19.4 Å². The van der Waals surface area contributed by atoms with Crippen LogP contribution in [0.25, 0.3) is 0 Å². The maximum absolute atomic E-state index is 12.6. The molecule has 3 aromatic rings. The molecule has 0 aromatic heterocycles. The molecule has 1 N–H and O–H groups in total. The van der Waals surface area contributed by atoms with E-state index >= 15 is 0 Å². The van der Waals surface area contributed by atoms with Crippen LogP contribution in [0.4, 0.5) is 0 Å². The van der Waals surface area contributed by atoms with E-state index in [0.717, 1.165) is 16.9 Å². The predicted molar refractivity (Wildman–Crippen MR) is 114 cm³/mol. The number of para-hydroxylation sites is 1. The van der Waals surface area contributed by atoms with Gasteiger partial charge in [-0.15, -0.1) is 0 Å². The Morgan fingerprint density at radius 1 is 0.897 bits per heavy atom. The molecule has 0 aliphatic heterocycles. The fourth-order valence-electron chi connectivity index (χ4n) is 3.65. The van der Waals surface area contributed by atoms with Crippen molar-refractivity contribution in [3.8, 4) is 17.2 Å². The van der Waals surface area contributed by atoms with E-state index < -0.39 is 11.4 Å². The third-order valence-electron chi connectivity index (χ3n) is 5.31. The highest BCUT2D eigenvalue weighted by atomic mass is 16.5. The van der Waals surface area contributed by atoms with Crippen LogP contribution in [0.3, 0.4) is 0 Å². The van der Waals surface area contributed by atoms with Gasteiger partial charge in [0.15, 0.2) is 0 Å². The molecule has 3 aromatic carbocycles. The lowest BCUT2D eigenvalue weighted by Gasteiger charge is -2.34. The van der Waals surface area contributed by atoms with Gasteiger partial charge in [-0.1, -0.05) is 56.3 Å². The first-order chi connectivity index (χ1) is 14.0. The van der Waals surface area contributed by atoms with E-state index in [-0.39, 0.29) is 5.92 Å². The summed E-state index contributed by atoms with van der Waals surface area (Å²) in [4.78, 5) is 12.6. The molecule has 1 unspecified atom stereocenters. The summed E-state index contributed by atoms with van der Waals surface area (Å²) in [6.07, 6.45) is 0.346. The molecule has 0 spiro atoms. The summed E-state index contributed by atoms with van der Waals surface area (Å²) in [5, 5.41) is 10.3. The summed E-state index contributed by atoms with van der Waals surface area (Å²) >= 11 is 0. The molecule has 1 atom stereocenters. The molecule has 0 radical (unpaired) electrons. The van der Waals surface area contributed by atoms with Crippen LogP contribution in [0, 0.1) is 5.92 Å². The number of hydrogen-bond donors (Lipinski definition) is 1. The van der Waals surface area contributed by atoms with Gasteiger partial charge in [0.2, 0.25) is 0 Å². The Hall–Kier alpha value is -3.27. The molecular formula is C25H26O4. The second-order valence-corrected chi connectivity index (χ2v) is 7.40. The molecule has 29 heavy (non-hydrogen) atoms. The van der Waals surface area contributed by atoms with Crippen LogP contribution in [0.1, 0.15) is 25.0 Å². The second kappa shape index (κ2) is 8.82. The lowest BCUT2D eigenvalue weighted by atomic mass is 9.68. The lowest BCUT2D eigenvalue weighted by molar-refractivity contribution is -0.145. The Labute approximate surface area is 171 Å². The summed E-state index contributed by atoms with van der Waals surface area (Å²) in [5.74, 6) is 1.09. The summed E-state index contributed by atoms with van der Waals surface area (Å²) < 4.78 is 11.3. The number of rotatable bonds is 8. The summed E-state index contributed by atoms with van der Waals surface area (Å²) in [6, 6.07) is 24.5. The Bertz CT molecular complexity index is 965. The Morgan fingerprint density at radius 3 is 2.21 bits per heavy atom. The van der Waals surface area contributed by atoms with Gasteiger partial charge in [0.25, 0.3) is 0 Å². The first kappa shape index (κ1) is 20.5. The van der Waals surface area contributed by atoms with E-state index in [4.69, 9.17) is 9.47 Å². The van der Waals surface area contributed by atoms with Crippen molar-refractivity contribution in [2.45, 2.75) is 25.7 Å². The first-order valence-corrected chi connectivity index (χ1v) is 9.65. The van der Waals surface area contributed by atoms with Gasteiger partial charge in [0.1, 0.15) is 17.2 Å². The molecule has 150 valence electrons. The maximum atomic E-state index is 12.6. The van der Waals surface area contributed by atoms with Crippen molar-refractivity contribution in [2.75, 3.05) is 7.11 Å². The molecule has 0 saturated carbocycles. The van der Waals surface area contributed by atoms with Crippen LogP contribution in [-0.4, -0.2) is 18.2 Å². The topological polar surface area (TPSA) is 55.8 Å². The van der Waals surface area contributed by atoms with Crippen LogP contribution in [0.2, 0.25) is 0 Å². The molecular weight excluding hydrogens is 364 g/mol. The van der Waals surface area contributed by atoms with Gasteiger partial charge in [-0.3, -0.25) is 4.79 Å². The van der Waals surface area contributed by atoms with Gasteiger partial charge in [-0.05, 0) is 59.9 Å². The minimum absolute atomic E-state index is 0.134. The molecule has 4 nitrogen and oxygen atoms in total. The zero-order valence-corrected chi connectivity index (χ0v) is 17.0. The molecule has 0 amide bonds. The van der Waals surface area contributed by atoms with Crippen LogP contribution >= 0.6 is 0 Å². The van der Waals surface area contributed by atoms with E-state index in [0.29, 0.717) is 17.9 Å². The summed E-state index contributed by atoms with van der Waals surface area (Å²) in [6.45, 7) is 3.88. The second-order valence-electron chi connectivity index (χ2n) is 7.40. The molecule has 0 heterocycles. The zero-order chi connectivity index (χ0) is 20.9.